The van der Waals surface area contributed by atoms with Gasteiger partial charge in [-0.2, -0.15) is 0 Å². The zero-order chi connectivity index (χ0) is 17.3. The molecule has 2 heterocycles. The molecule has 3 rings (SSSR count). The fourth-order valence-electron chi connectivity index (χ4n) is 2.51. The van der Waals surface area contributed by atoms with Crippen molar-refractivity contribution in [2.75, 3.05) is 0 Å². The van der Waals surface area contributed by atoms with Gasteiger partial charge in [-0.15, -0.1) is 11.3 Å². The Morgan fingerprint density at radius 3 is 2.58 bits per heavy atom. The number of hydrogen-bond donors (Lipinski definition) is 2. The standard InChI is InChI=1S/C18H19N3O2S/c1-10(2)18-21-15(9-24-18)11(3)20-17(23)14-8-19-16(22)13-7-5-4-6-12(13)14/h4-11H,1-3H3,(H,19,22)(H,20,23)/t11-/m1/s1. The number of rotatable bonds is 4. The van der Waals surface area contributed by atoms with E-state index in [1.807, 2.05) is 18.4 Å². The molecule has 0 saturated carbocycles. The minimum absolute atomic E-state index is 0.198. The third kappa shape index (κ3) is 3.10. The monoisotopic (exact) mass is 341 g/mol. The molecule has 6 heteroatoms. The summed E-state index contributed by atoms with van der Waals surface area (Å²) in [6.45, 7) is 6.10. The highest BCUT2D eigenvalue weighted by Gasteiger charge is 2.17. The number of thiazole rings is 1. The fraction of sp³-hybridized carbons (Fsp3) is 0.278. The molecule has 2 aromatic heterocycles. The highest BCUT2D eigenvalue weighted by molar-refractivity contribution is 7.09. The number of pyridine rings is 1. The van der Waals surface area contributed by atoms with Gasteiger partial charge in [-0.05, 0) is 13.0 Å². The maximum absolute atomic E-state index is 12.6. The van der Waals surface area contributed by atoms with Crippen molar-refractivity contribution in [1.29, 1.82) is 0 Å². The molecule has 1 atom stereocenters. The van der Waals surface area contributed by atoms with Gasteiger partial charge in [0.15, 0.2) is 0 Å². The van der Waals surface area contributed by atoms with Crippen LogP contribution in [0.15, 0.2) is 40.6 Å². The van der Waals surface area contributed by atoms with Crippen LogP contribution in [0, 0.1) is 0 Å². The number of benzene rings is 1. The molecule has 1 amide bonds. The lowest BCUT2D eigenvalue weighted by atomic mass is 10.1. The van der Waals surface area contributed by atoms with E-state index in [0.29, 0.717) is 22.3 Å². The van der Waals surface area contributed by atoms with Gasteiger partial charge in [0.1, 0.15) is 0 Å². The second-order valence-electron chi connectivity index (χ2n) is 6.04. The van der Waals surface area contributed by atoms with E-state index < -0.39 is 0 Å². The van der Waals surface area contributed by atoms with Crippen molar-refractivity contribution in [1.82, 2.24) is 15.3 Å². The zero-order valence-corrected chi connectivity index (χ0v) is 14.6. The third-order valence-electron chi connectivity index (χ3n) is 3.88. The van der Waals surface area contributed by atoms with E-state index in [1.54, 1.807) is 29.5 Å². The van der Waals surface area contributed by atoms with E-state index in [-0.39, 0.29) is 17.5 Å². The van der Waals surface area contributed by atoms with Crippen molar-refractivity contribution in [3.63, 3.8) is 0 Å². The molecular formula is C18H19N3O2S. The van der Waals surface area contributed by atoms with Crippen molar-refractivity contribution >= 4 is 28.0 Å². The lowest BCUT2D eigenvalue weighted by molar-refractivity contribution is 0.0940. The van der Waals surface area contributed by atoms with Gasteiger partial charge in [-0.25, -0.2) is 4.98 Å². The Labute approximate surface area is 143 Å². The van der Waals surface area contributed by atoms with Crippen LogP contribution in [0.3, 0.4) is 0 Å². The van der Waals surface area contributed by atoms with E-state index in [4.69, 9.17) is 0 Å². The summed E-state index contributed by atoms with van der Waals surface area (Å²) in [5.74, 6) is 0.142. The van der Waals surface area contributed by atoms with Gasteiger partial charge >= 0.3 is 0 Å². The van der Waals surface area contributed by atoms with Crippen LogP contribution < -0.4 is 10.9 Å². The van der Waals surface area contributed by atoms with Crippen LogP contribution in [0.1, 0.15) is 53.8 Å². The predicted octanol–water partition coefficient (Wildman–Crippen LogP) is 3.60. The Bertz CT molecular complexity index is 943. The van der Waals surface area contributed by atoms with Crippen molar-refractivity contribution in [3.8, 4) is 0 Å². The number of aromatic amines is 1. The first-order valence-corrected chi connectivity index (χ1v) is 8.72. The quantitative estimate of drug-likeness (QED) is 0.761. The smallest absolute Gasteiger partial charge is 0.255 e. The first-order valence-electron chi connectivity index (χ1n) is 7.84. The molecule has 1 aromatic carbocycles. The molecule has 24 heavy (non-hydrogen) atoms. The minimum Gasteiger partial charge on any atom is -0.344 e. The molecule has 0 fully saturated rings. The molecular weight excluding hydrogens is 322 g/mol. The Morgan fingerprint density at radius 2 is 1.92 bits per heavy atom. The van der Waals surface area contributed by atoms with Crippen molar-refractivity contribution in [3.05, 3.63) is 62.5 Å². The summed E-state index contributed by atoms with van der Waals surface area (Å²) in [4.78, 5) is 31.7. The van der Waals surface area contributed by atoms with Gasteiger partial charge in [-0.1, -0.05) is 32.0 Å². The Morgan fingerprint density at radius 1 is 1.21 bits per heavy atom. The number of H-pyrrole nitrogens is 1. The summed E-state index contributed by atoms with van der Waals surface area (Å²) in [7, 11) is 0. The second kappa shape index (κ2) is 6.57. The molecule has 0 spiro atoms. The van der Waals surface area contributed by atoms with Crippen LogP contribution in [-0.2, 0) is 0 Å². The lowest BCUT2D eigenvalue weighted by Gasteiger charge is -2.13. The predicted molar refractivity (Wildman–Crippen MR) is 96.7 cm³/mol. The molecule has 0 aliphatic heterocycles. The molecule has 0 aliphatic rings. The van der Waals surface area contributed by atoms with E-state index >= 15 is 0 Å². The summed E-state index contributed by atoms with van der Waals surface area (Å²) >= 11 is 1.60. The molecule has 3 aromatic rings. The van der Waals surface area contributed by atoms with Crippen LogP contribution >= 0.6 is 11.3 Å². The molecule has 124 valence electrons. The fourth-order valence-corrected chi connectivity index (χ4v) is 3.44. The van der Waals surface area contributed by atoms with Crippen LogP contribution in [0.25, 0.3) is 10.8 Å². The van der Waals surface area contributed by atoms with Crippen LogP contribution in [-0.4, -0.2) is 15.9 Å². The Balaban J connectivity index is 1.87. The van der Waals surface area contributed by atoms with E-state index in [9.17, 15) is 9.59 Å². The maximum Gasteiger partial charge on any atom is 0.255 e. The number of carbonyl (C=O) groups excluding carboxylic acids is 1. The molecule has 0 bridgehead atoms. The van der Waals surface area contributed by atoms with Gasteiger partial charge < -0.3 is 10.3 Å². The Hall–Kier alpha value is -2.47. The third-order valence-corrected chi connectivity index (χ3v) is 5.04. The van der Waals surface area contributed by atoms with Gasteiger partial charge in [0.25, 0.3) is 11.5 Å². The number of fused-ring (bicyclic) bond motifs is 1. The zero-order valence-electron chi connectivity index (χ0n) is 13.8. The normalized spacial score (nSPS) is 12.5. The number of nitrogens with zero attached hydrogens (tertiary/aromatic N) is 1. The summed E-state index contributed by atoms with van der Waals surface area (Å²) in [6, 6.07) is 6.89. The van der Waals surface area contributed by atoms with Gasteiger partial charge in [0.05, 0.1) is 22.3 Å². The number of aromatic nitrogens is 2. The van der Waals surface area contributed by atoms with Crippen LogP contribution in [0.4, 0.5) is 0 Å². The van der Waals surface area contributed by atoms with E-state index in [0.717, 1.165) is 10.7 Å². The minimum atomic E-state index is -0.228. The highest BCUT2D eigenvalue weighted by Crippen LogP contribution is 2.23. The number of nitrogens with one attached hydrogen (secondary N) is 2. The topological polar surface area (TPSA) is 74.8 Å². The average Bonchev–Trinajstić information content (AvgIpc) is 3.06. The number of amides is 1. The van der Waals surface area contributed by atoms with Crippen LogP contribution in [0.2, 0.25) is 0 Å². The lowest BCUT2D eigenvalue weighted by Crippen LogP contribution is -2.28. The first-order chi connectivity index (χ1) is 11.5. The van der Waals surface area contributed by atoms with Gasteiger partial charge in [0, 0.05) is 28.3 Å². The van der Waals surface area contributed by atoms with Crippen LogP contribution in [0.5, 0.6) is 0 Å². The van der Waals surface area contributed by atoms with E-state index in [1.165, 1.54) is 6.20 Å². The number of carbonyl (C=O) groups is 1. The summed E-state index contributed by atoms with van der Waals surface area (Å²) in [6.07, 6.45) is 1.47. The van der Waals surface area contributed by atoms with E-state index in [2.05, 4.69) is 29.1 Å². The second-order valence-corrected chi connectivity index (χ2v) is 6.93. The largest absolute Gasteiger partial charge is 0.344 e. The number of hydrogen-bond acceptors (Lipinski definition) is 4. The SMILES string of the molecule is CC(C)c1nc([C@@H](C)NC(=O)c2c[nH]c(=O)c3ccccc23)cs1. The molecule has 5 nitrogen and oxygen atoms in total. The molecule has 2 N–H and O–H groups in total. The van der Waals surface area contributed by atoms with Gasteiger partial charge in [-0.3, -0.25) is 9.59 Å². The first kappa shape index (κ1) is 16.4. The van der Waals surface area contributed by atoms with Crippen molar-refractivity contribution in [2.24, 2.45) is 0 Å². The summed E-state index contributed by atoms with van der Waals surface area (Å²) in [5.41, 5.74) is 1.11. The highest BCUT2D eigenvalue weighted by atomic mass is 32.1. The molecule has 0 unspecified atom stereocenters. The molecule has 0 radical (unpaired) electrons. The van der Waals surface area contributed by atoms with Crippen molar-refractivity contribution in [2.45, 2.75) is 32.7 Å². The van der Waals surface area contributed by atoms with Gasteiger partial charge in [0.2, 0.25) is 0 Å². The maximum atomic E-state index is 12.6. The summed E-state index contributed by atoms with van der Waals surface area (Å²) < 4.78 is 0. The summed E-state index contributed by atoms with van der Waals surface area (Å²) in [5, 5.41) is 7.15. The molecule has 0 aliphatic carbocycles. The van der Waals surface area contributed by atoms with Crippen molar-refractivity contribution < 1.29 is 4.79 Å². The average molecular weight is 341 g/mol. The Kier molecular flexibility index (Phi) is 4.49. The molecule has 0 saturated heterocycles.